The predicted octanol–water partition coefficient (Wildman–Crippen LogP) is 11.0. The van der Waals surface area contributed by atoms with Crippen molar-refractivity contribution < 1.29 is 203 Å². The first kappa shape index (κ1) is 125. The molecule has 0 saturated heterocycles. The highest BCUT2D eigenvalue weighted by molar-refractivity contribution is 6.01. The maximum Gasteiger partial charge on any atom is 0.347 e. The van der Waals surface area contributed by atoms with Gasteiger partial charge in [-0.1, -0.05) is 163 Å². The molecule has 1 saturated carbocycles. The first-order chi connectivity index (χ1) is 53.2. The monoisotopic (exact) mass is 1670 g/mol. The Morgan fingerprint density at radius 2 is 0.496 bits per heavy atom. The lowest BCUT2D eigenvalue weighted by atomic mass is 9.69. The second-order valence-electron chi connectivity index (χ2n) is 26.1. The first-order valence-corrected chi connectivity index (χ1v) is 37.3. The van der Waals surface area contributed by atoms with Crippen LogP contribution in [0.25, 0.3) is 0 Å². The van der Waals surface area contributed by atoms with E-state index in [1.54, 1.807) is 13.8 Å². The lowest BCUT2D eigenvalue weighted by Gasteiger charge is -2.32. The third-order valence-electron chi connectivity index (χ3n) is 16.1. The molecule has 0 radical (unpaired) electrons. The number of aliphatic hydroxyl groups is 1. The molecule has 0 aromatic carbocycles. The van der Waals surface area contributed by atoms with E-state index in [1.807, 2.05) is 0 Å². The van der Waals surface area contributed by atoms with Gasteiger partial charge in [-0.3, -0.25) is 86.3 Å². The molecule has 1 aliphatic carbocycles. The molecule has 0 aromatic heterocycles. The van der Waals surface area contributed by atoms with Crippen molar-refractivity contribution in [2.75, 3.05) is 0 Å². The van der Waals surface area contributed by atoms with E-state index in [9.17, 15) is 91.1 Å². The Labute approximate surface area is 666 Å². The van der Waals surface area contributed by atoms with Crippen LogP contribution in [0.5, 0.6) is 0 Å². The third kappa shape index (κ3) is 87.2. The minimum Gasteiger partial charge on any atom is -0.483 e. The normalized spacial score (nSPS) is 11.0. The maximum atomic E-state index is 10.5. The molecule has 41 heteroatoms. The van der Waals surface area contributed by atoms with Gasteiger partial charge in [0.05, 0.1) is 0 Å². The topological polar surface area (TPSA) is 766 Å². The Balaban J connectivity index is -0.000000135. The number of unbranched alkanes of at least 4 members (excludes halogenated alkanes) is 24. The first-order valence-electron chi connectivity index (χ1n) is 37.3. The summed E-state index contributed by atoms with van der Waals surface area (Å²) >= 11 is 0. The van der Waals surface area contributed by atoms with Crippen LogP contribution in [0, 0.1) is 22.2 Å². The van der Waals surface area contributed by atoms with Gasteiger partial charge in [0.2, 0.25) is 0 Å². The van der Waals surface area contributed by atoms with Crippen LogP contribution in [0.15, 0.2) is 0 Å². The second kappa shape index (κ2) is 80.0. The van der Waals surface area contributed by atoms with E-state index in [2.05, 4.69) is 6.92 Å². The molecule has 0 spiro atoms. The quantitative estimate of drug-likeness (QED) is 0.0153. The Kier molecular flexibility index (Phi) is 87.1. The zero-order valence-electron chi connectivity index (χ0n) is 66.9. The van der Waals surface area contributed by atoms with Crippen molar-refractivity contribution in [2.45, 2.75) is 324 Å². The van der Waals surface area contributed by atoms with E-state index < -0.39 is 148 Å². The molecule has 41 nitrogen and oxygen atoms in total. The second-order valence-corrected chi connectivity index (χ2v) is 26.1. The van der Waals surface area contributed by atoms with Gasteiger partial charge in [0, 0.05) is 44.9 Å². The lowest BCUT2D eigenvalue weighted by Crippen LogP contribution is -2.44. The summed E-state index contributed by atoms with van der Waals surface area (Å²) in [5.41, 5.74) is -7.36. The predicted molar refractivity (Wildman–Crippen MR) is 403 cm³/mol. The van der Waals surface area contributed by atoms with Crippen LogP contribution < -0.4 is 0 Å². The molecule has 21 N–H and O–H groups in total. The zero-order chi connectivity index (χ0) is 92.0. The van der Waals surface area contributed by atoms with Crippen molar-refractivity contribution >= 4 is 120 Å². The van der Waals surface area contributed by atoms with Gasteiger partial charge in [0.1, 0.15) is 6.42 Å². The number of hydrogen-bond acceptors (Lipinski definition) is 21. The van der Waals surface area contributed by atoms with Gasteiger partial charge in [-0.15, -0.1) is 0 Å². The summed E-state index contributed by atoms with van der Waals surface area (Å²) in [6.45, 7) is 9.42. The number of carboxylic acids is 19. The fourth-order valence-electron chi connectivity index (χ4n) is 8.31. The Morgan fingerprint density at radius 3 is 0.557 bits per heavy atom. The van der Waals surface area contributed by atoms with E-state index in [0.29, 0.717) is 64.7 Å². The van der Waals surface area contributed by atoms with Crippen LogP contribution in [0.2, 0.25) is 0 Å². The van der Waals surface area contributed by atoms with Gasteiger partial charge in [-0.25, -0.2) is 9.59 Å². The molecule has 1 aliphatic rings. The molecule has 0 heterocycles. The molecule has 0 aromatic rings. The summed E-state index contributed by atoms with van der Waals surface area (Å²) in [4.78, 5) is 200. The van der Waals surface area contributed by atoms with Gasteiger partial charge in [-0.2, -0.15) is 0 Å². The molecule has 0 atom stereocenters. The van der Waals surface area contributed by atoms with Crippen LogP contribution >= 0.6 is 0 Å². The van der Waals surface area contributed by atoms with Gasteiger partial charge in [-0.05, 0) is 104 Å². The average molecular weight is 1670 g/mol. The molecule has 0 amide bonds. The number of aliphatic carboxylic acids is 19. The fraction of sp³-hybridized carbons (Fsp3) is 0.730. The van der Waals surface area contributed by atoms with Crippen molar-refractivity contribution in [3.05, 3.63) is 0 Å². The van der Waals surface area contributed by atoms with Crippen molar-refractivity contribution in [2.24, 2.45) is 22.2 Å². The highest BCUT2D eigenvalue weighted by Gasteiger charge is 2.51. The largest absolute Gasteiger partial charge is 0.483 e. The number of carbonyl (C=O) groups is 20. The zero-order valence-corrected chi connectivity index (χ0v) is 66.9. The molecule has 1 rings (SSSR count). The van der Waals surface area contributed by atoms with Crippen LogP contribution in [0.4, 0.5) is 0 Å². The van der Waals surface area contributed by atoms with Crippen LogP contribution in [0.1, 0.15) is 318 Å². The number of hydrogen-bond donors (Lipinski definition) is 21. The van der Waals surface area contributed by atoms with Gasteiger partial charge < -0.3 is 107 Å². The van der Waals surface area contributed by atoms with E-state index in [1.165, 1.54) is 71.1 Å². The van der Waals surface area contributed by atoms with E-state index >= 15 is 0 Å². The third-order valence-corrected chi connectivity index (χ3v) is 16.1. The molecule has 0 aliphatic heterocycles. The van der Waals surface area contributed by atoms with Gasteiger partial charge in [0.15, 0.2) is 22.2 Å². The van der Waals surface area contributed by atoms with E-state index in [0.717, 1.165) is 110 Å². The molecule has 1 fully saturated rings. The number of rotatable bonds is 53. The standard InChI is InChI=1S/C16H30O4.C14H26O4.2C7H12O4.C6H8O4.C6H12O2.2C5H8O4.C4H6O5.C3H4O4.CH2O2/c17-15(18)13-11-9-7-5-3-1-2-4-6-8-10-12-14-16(19)20;15-13(16)11-9-7-5-3-1-2-4-6-8-10-12-14(17)18;1-3-7(4-2,5(8)9)6(10)11;8-6(9)4-2-1-3-5-7(10)11;7-4(8)6(5(9)10)2-1-3-6;1-2-3-4-5-6(7)8;1-5(2,3(6)7)4(8)9;1-2-3(4(6)7)5(8)9;1-4(9,2(5)6)3(7)8;4-2(5)1-3(6)7;2-1-3/h1-14H2,(H,17,18)(H,19,20);1-12H2,(H,15,16)(H,17,18);3-4H2,1-2H3,(H,8,9)(H,10,11);1-5H2,(H,8,9)(H,10,11);1-3H2,(H,7,8)(H,9,10);2-5H2,1H3,(H,7,8);1-2H3,(H,6,7)(H,8,9);3H,2H2,1H3,(H,6,7)(H,8,9);9H,1H3,(H,5,6)(H,7,8);1H2,(H,4,5)(H,6,7);1H,(H,2,3). The highest BCUT2D eigenvalue weighted by atomic mass is 16.5. The van der Waals surface area contributed by atoms with Gasteiger partial charge in [0.25, 0.3) is 12.1 Å². The Hall–Kier alpha value is -10.6. The molecule has 670 valence electrons. The van der Waals surface area contributed by atoms with Crippen molar-refractivity contribution in [3.8, 4) is 0 Å². The SMILES string of the molecule is CC(C)(C(=O)O)C(=O)O.CC(O)(C(=O)O)C(=O)O.CCC(C(=O)O)C(=O)O.CCC(CC)(C(=O)O)C(=O)O.CCCCCC(=O)O.O=C(O)C1(C(=O)O)CCC1.O=C(O)CC(=O)O.O=C(O)CCCCCC(=O)O.O=C(O)CCCCCCCCCCCCC(=O)O.O=C(O)CCCCCCCCCCCCCCC(=O)O.O=CO. The number of carboxylic acid groups (broad SMARTS) is 20. The molecular formula is C74H128O41. The summed E-state index contributed by atoms with van der Waals surface area (Å²) in [5.74, 6) is -22.6. The van der Waals surface area contributed by atoms with E-state index in [-0.39, 0.29) is 51.4 Å². The summed E-state index contributed by atoms with van der Waals surface area (Å²) < 4.78 is 0. The summed E-state index contributed by atoms with van der Waals surface area (Å²) in [7, 11) is 0. The highest BCUT2D eigenvalue weighted by Crippen LogP contribution is 2.41. The Bertz CT molecular complexity index is 2620. The molecular weight excluding hydrogens is 1540 g/mol. The van der Waals surface area contributed by atoms with Gasteiger partial charge >= 0.3 is 113 Å². The minimum absolute atomic E-state index is 0.119. The summed E-state index contributed by atoms with van der Waals surface area (Å²) in [6.07, 6.45) is 31.6. The van der Waals surface area contributed by atoms with Crippen LogP contribution in [0.3, 0.4) is 0 Å². The van der Waals surface area contributed by atoms with Crippen molar-refractivity contribution in [3.63, 3.8) is 0 Å². The summed E-state index contributed by atoms with van der Waals surface area (Å²) in [5, 5.41) is 172. The summed E-state index contributed by atoms with van der Waals surface area (Å²) in [6, 6.07) is 0. The Morgan fingerprint density at radius 1 is 0.304 bits per heavy atom. The van der Waals surface area contributed by atoms with Crippen molar-refractivity contribution in [1.29, 1.82) is 0 Å². The van der Waals surface area contributed by atoms with Crippen LogP contribution in [-0.4, -0.2) is 233 Å². The molecule has 0 unspecified atom stereocenters. The molecule has 115 heavy (non-hydrogen) atoms. The minimum atomic E-state index is -2.67. The smallest absolute Gasteiger partial charge is 0.347 e. The maximum absolute atomic E-state index is 10.5. The fourth-order valence-corrected chi connectivity index (χ4v) is 8.31. The lowest BCUT2D eigenvalue weighted by molar-refractivity contribution is -0.174. The van der Waals surface area contributed by atoms with E-state index in [4.69, 9.17) is 112 Å². The van der Waals surface area contributed by atoms with Crippen LogP contribution in [-0.2, 0) is 95.9 Å². The van der Waals surface area contributed by atoms with Crippen molar-refractivity contribution in [1.82, 2.24) is 0 Å². The average Bonchev–Trinajstić information content (AvgIpc) is 0.792. The molecule has 0 bridgehead atoms.